The van der Waals surface area contributed by atoms with E-state index in [0.29, 0.717) is 24.6 Å². The van der Waals surface area contributed by atoms with Crippen molar-refractivity contribution in [2.45, 2.75) is 39.3 Å². The number of hydrogen-bond donors (Lipinski definition) is 1. The molecule has 8 nitrogen and oxygen atoms in total. The van der Waals surface area contributed by atoms with Crippen LogP contribution in [0.5, 0.6) is 5.75 Å². The van der Waals surface area contributed by atoms with Crippen molar-refractivity contribution in [2.75, 3.05) is 7.11 Å². The molecule has 4 aromatic rings. The minimum absolute atomic E-state index is 0.0777. The summed E-state index contributed by atoms with van der Waals surface area (Å²) in [7, 11) is 1.62. The molecule has 0 radical (unpaired) electrons. The fourth-order valence-electron chi connectivity index (χ4n) is 4.25. The van der Waals surface area contributed by atoms with Gasteiger partial charge in [-0.2, -0.15) is 9.50 Å². The Balaban J connectivity index is 1.46. The van der Waals surface area contributed by atoms with Crippen LogP contribution in [-0.4, -0.2) is 32.2 Å². The number of nitrogens with one attached hydrogen (secondary N) is 1. The van der Waals surface area contributed by atoms with E-state index in [1.165, 1.54) is 4.52 Å². The molecule has 1 N–H and O–H groups in total. The molecule has 0 atom stereocenters. The Labute approximate surface area is 190 Å². The molecule has 0 saturated heterocycles. The third kappa shape index (κ3) is 4.00. The van der Waals surface area contributed by atoms with Crippen molar-refractivity contribution < 1.29 is 9.53 Å². The predicted octanol–water partition coefficient (Wildman–Crippen LogP) is 2.68. The summed E-state index contributed by atoms with van der Waals surface area (Å²) in [5.74, 6) is 1.50. The van der Waals surface area contributed by atoms with E-state index in [1.807, 2.05) is 60.0 Å². The van der Waals surface area contributed by atoms with Gasteiger partial charge >= 0.3 is 0 Å². The topological polar surface area (TPSA) is 90.5 Å². The largest absolute Gasteiger partial charge is 0.497 e. The van der Waals surface area contributed by atoms with Crippen LogP contribution < -0.4 is 15.6 Å². The van der Waals surface area contributed by atoms with Gasteiger partial charge in [-0.15, -0.1) is 5.10 Å². The Hall–Kier alpha value is -3.94. The first-order valence-corrected chi connectivity index (χ1v) is 11.0. The van der Waals surface area contributed by atoms with Crippen LogP contribution in [0.1, 0.15) is 28.8 Å². The SMILES string of the molecule is COc1ccc(CNC(=O)Cn2c3c(c(=O)n4nc(-c5ccc(C)cc5)nc24)CCC3)cc1. The Morgan fingerprint density at radius 2 is 1.85 bits per heavy atom. The van der Waals surface area contributed by atoms with Crippen LogP contribution in [0.25, 0.3) is 17.2 Å². The molecule has 5 rings (SSSR count). The van der Waals surface area contributed by atoms with Gasteiger partial charge in [-0.3, -0.25) is 9.59 Å². The second-order valence-electron chi connectivity index (χ2n) is 8.31. The standard InChI is InChI=1S/C25H25N5O3/c1-16-6-10-18(11-7-16)23-27-25-29(21-5-3-4-20(21)24(32)30(25)28-23)15-22(31)26-14-17-8-12-19(33-2)13-9-17/h6-13H,3-5,14-15H2,1-2H3,(H,26,31). The summed E-state index contributed by atoms with van der Waals surface area (Å²) < 4.78 is 8.36. The molecule has 0 aliphatic heterocycles. The van der Waals surface area contributed by atoms with E-state index in [-0.39, 0.29) is 18.0 Å². The maximum atomic E-state index is 13.1. The average molecular weight is 444 g/mol. The highest BCUT2D eigenvalue weighted by Crippen LogP contribution is 2.22. The van der Waals surface area contributed by atoms with Gasteiger partial charge in [0.2, 0.25) is 11.7 Å². The van der Waals surface area contributed by atoms with Gasteiger partial charge in [0.05, 0.1) is 7.11 Å². The van der Waals surface area contributed by atoms with Crippen LogP contribution >= 0.6 is 0 Å². The quantitative estimate of drug-likeness (QED) is 0.495. The smallest absolute Gasteiger partial charge is 0.279 e. The van der Waals surface area contributed by atoms with E-state index >= 15 is 0 Å². The lowest BCUT2D eigenvalue weighted by atomic mass is 10.1. The Bertz CT molecular complexity index is 1390. The molecule has 0 saturated carbocycles. The van der Waals surface area contributed by atoms with E-state index in [4.69, 9.17) is 4.74 Å². The second kappa shape index (κ2) is 8.54. The van der Waals surface area contributed by atoms with Crippen molar-refractivity contribution in [2.24, 2.45) is 0 Å². The minimum Gasteiger partial charge on any atom is -0.497 e. The number of carbonyl (C=O) groups is 1. The summed E-state index contributed by atoms with van der Waals surface area (Å²) in [6.45, 7) is 2.50. The molecular formula is C25H25N5O3. The molecule has 0 bridgehead atoms. The Morgan fingerprint density at radius 3 is 2.58 bits per heavy atom. The first-order chi connectivity index (χ1) is 16.0. The van der Waals surface area contributed by atoms with Crippen molar-refractivity contribution in [3.05, 3.63) is 81.3 Å². The van der Waals surface area contributed by atoms with Crippen LogP contribution in [-0.2, 0) is 30.7 Å². The summed E-state index contributed by atoms with van der Waals surface area (Å²) in [4.78, 5) is 30.6. The maximum Gasteiger partial charge on any atom is 0.279 e. The summed E-state index contributed by atoms with van der Waals surface area (Å²) in [5, 5.41) is 7.46. The van der Waals surface area contributed by atoms with Crippen molar-refractivity contribution in [1.29, 1.82) is 0 Å². The Kier molecular flexibility index (Phi) is 5.42. The maximum absolute atomic E-state index is 13.1. The number of hydrogen-bond acceptors (Lipinski definition) is 5. The first kappa shape index (κ1) is 20.9. The zero-order chi connectivity index (χ0) is 22.9. The van der Waals surface area contributed by atoms with E-state index in [9.17, 15) is 9.59 Å². The summed E-state index contributed by atoms with van der Waals surface area (Å²) >= 11 is 0. The zero-order valence-electron chi connectivity index (χ0n) is 18.7. The van der Waals surface area contributed by atoms with Crippen LogP contribution in [0.3, 0.4) is 0 Å². The lowest BCUT2D eigenvalue weighted by Gasteiger charge is -2.14. The highest BCUT2D eigenvalue weighted by molar-refractivity contribution is 5.76. The monoisotopic (exact) mass is 443 g/mol. The van der Waals surface area contributed by atoms with Gasteiger partial charge < -0.3 is 14.6 Å². The molecule has 0 unspecified atom stereocenters. The number of fused-ring (bicyclic) bond motifs is 2. The molecule has 168 valence electrons. The number of carbonyl (C=O) groups excluding carboxylic acids is 1. The predicted molar refractivity (Wildman–Crippen MR) is 124 cm³/mol. The van der Waals surface area contributed by atoms with Crippen LogP contribution in [0.15, 0.2) is 53.3 Å². The van der Waals surface area contributed by atoms with Crippen LogP contribution in [0.4, 0.5) is 0 Å². The van der Waals surface area contributed by atoms with Gasteiger partial charge in [0.15, 0.2) is 5.82 Å². The van der Waals surface area contributed by atoms with E-state index in [0.717, 1.165) is 46.5 Å². The minimum atomic E-state index is -0.148. The molecule has 2 heterocycles. The lowest BCUT2D eigenvalue weighted by Crippen LogP contribution is -2.31. The number of aryl methyl sites for hydroxylation is 1. The van der Waals surface area contributed by atoms with E-state index < -0.39 is 0 Å². The second-order valence-corrected chi connectivity index (χ2v) is 8.31. The fraction of sp³-hybridized carbons (Fsp3) is 0.280. The molecular weight excluding hydrogens is 418 g/mol. The van der Waals surface area contributed by atoms with Crippen molar-refractivity contribution in [3.63, 3.8) is 0 Å². The first-order valence-electron chi connectivity index (χ1n) is 11.0. The number of amides is 1. The lowest BCUT2D eigenvalue weighted by molar-refractivity contribution is -0.121. The number of ether oxygens (including phenoxy) is 1. The van der Waals surface area contributed by atoms with E-state index in [2.05, 4.69) is 15.4 Å². The van der Waals surface area contributed by atoms with Gasteiger partial charge in [-0.1, -0.05) is 42.0 Å². The third-order valence-corrected chi connectivity index (χ3v) is 6.06. The van der Waals surface area contributed by atoms with E-state index in [1.54, 1.807) is 7.11 Å². The zero-order valence-corrected chi connectivity index (χ0v) is 18.7. The fourth-order valence-corrected chi connectivity index (χ4v) is 4.25. The van der Waals surface area contributed by atoms with Crippen LogP contribution in [0.2, 0.25) is 0 Å². The highest BCUT2D eigenvalue weighted by Gasteiger charge is 2.25. The molecule has 0 fully saturated rings. The molecule has 1 amide bonds. The number of methoxy groups -OCH3 is 1. The van der Waals surface area contributed by atoms with Gasteiger partial charge in [0.25, 0.3) is 5.56 Å². The summed E-state index contributed by atoms with van der Waals surface area (Å²) in [6.07, 6.45) is 2.33. The van der Waals surface area contributed by atoms with Gasteiger partial charge in [-0.05, 0) is 43.9 Å². The highest BCUT2D eigenvalue weighted by atomic mass is 16.5. The molecule has 1 aliphatic rings. The van der Waals surface area contributed by atoms with Crippen molar-refractivity contribution >= 4 is 11.7 Å². The molecule has 8 heteroatoms. The number of benzene rings is 2. The van der Waals surface area contributed by atoms with Gasteiger partial charge in [0.1, 0.15) is 12.3 Å². The number of aromatic nitrogens is 4. The summed E-state index contributed by atoms with van der Waals surface area (Å²) in [6, 6.07) is 15.4. The summed E-state index contributed by atoms with van der Waals surface area (Å²) in [5.41, 5.74) is 4.41. The normalized spacial score (nSPS) is 12.7. The molecule has 2 aromatic carbocycles. The Morgan fingerprint density at radius 1 is 1.09 bits per heavy atom. The third-order valence-electron chi connectivity index (χ3n) is 6.06. The van der Waals surface area contributed by atoms with Gasteiger partial charge in [-0.25, -0.2) is 0 Å². The molecule has 1 aliphatic carbocycles. The average Bonchev–Trinajstić information content (AvgIpc) is 3.50. The number of nitrogens with zero attached hydrogens (tertiary/aromatic N) is 4. The van der Waals surface area contributed by atoms with Gasteiger partial charge in [0, 0.05) is 23.4 Å². The molecule has 2 aromatic heterocycles. The van der Waals surface area contributed by atoms with Crippen LogP contribution in [0, 0.1) is 6.92 Å². The molecule has 33 heavy (non-hydrogen) atoms. The number of rotatable bonds is 6. The van der Waals surface area contributed by atoms with Crippen molar-refractivity contribution in [1.82, 2.24) is 24.5 Å². The molecule has 0 spiro atoms. The van der Waals surface area contributed by atoms with Crippen molar-refractivity contribution in [3.8, 4) is 17.1 Å².